The first kappa shape index (κ1) is 11.8. The maximum atomic E-state index is 10.8. The Morgan fingerprint density at radius 1 is 1.53 bits per heavy atom. The highest BCUT2D eigenvalue weighted by Crippen LogP contribution is 2.23. The van der Waals surface area contributed by atoms with Crippen molar-refractivity contribution in [2.75, 3.05) is 5.88 Å². The maximum absolute atomic E-state index is 10.8. The van der Waals surface area contributed by atoms with Gasteiger partial charge < -0.3 is 10.8 Å². The minimum Gasteiger partial charge on any atom is -0.478 e. The highest BCUT2D eigenvalue weighted by molar-refractivity contribution is 6.31. The number of halogens is 2. The maximum Gasteiger partial charge on any atom is 0.337 e. The summed E-state index contributed by atoms with van der Waals surface area (Å²) in [5.74, 6) is -0.916. The van der Waals surface area contributed by atoms with Crippen LogP contribution in [0.15, 0.2) is 23.2 Å². The molecule has 0 heterocycles. The predicted octanol–water partition coefficient (Wildman–Crippen LogP) is 2.27. The van der Waals surface area contributed by atoms with Crippen LogP contribution in [-0.2, 0) is 0 Å². The van der Waals surface area contributed by atoms with Gasteiger partial charge in [0.05, 0.1) is 17.1 Å². The van der Waals surface area contributed by atoms with Gasteiger partial charge in [-0.2, -0.15) is 0 Å². The number of rotatable bonds is 3. The van der Waals surface area contributed by atoms with Crippen LogP contribution in [0.2, 0.25) is 5.02 Å². The molecule has 0 aliphatic rings. The van der Waals surface area contributed by atoms with Crippen LogP contribution in [0.4, 0.5) is 5.69 Å². The van der Waals surface area contributed by atoms with Crippen LogP contribution in [0.3, 0.4) is 0 Å². The van der Waals surface area contributed by atoms with Crippen molar-refractivity contribution >= 4 is 40.7 Å². The third kappa shape index (κ3) is 3.11. The molecule has 15 heavy (non-hydrogen) atoms. The topological polar surface area (TPSA) is 75.7 Å². The molecule has 0 bridgehead atoms. The number of benzene rings is 1. The molecule has 0 spiro atoms. The molecule has 0 fully saturated rings. The van der Waals surface area contributed by atoms with E-state index in [1.54, 1.807) is 0 Å². The van der Waals surface area contributed by atoms with Crippen LogP contribution in [0.1, 0.15) is 10.4 Å². The van der Waals surface area contributed by atoms with E-state index in [2.05, 4.69) is 4.99 Å². The minimum atomic E-state index is -1.09. The molecule has 1 rings (SSSR count). The van der Waals surface area contributed by atoms with Crippen molar-refractivity contribution in [3.8, 4) is 0 Å². The fourth-order valence-electron chi connectivity index (χ4n) is 0.963. The van der Waals surface area contributed by atoms with Crippen molar-refractivity contribution in [2.24, 2.45) is 10.7 Å². The third-order valence-corrected chi connectivity index (χ3v) is 2.10. The van der Waals surface area contributed by atoms with E-state index < -0.39 is 5.97 Å². The lowest BCUT2D eigenvalue weighted by Crippen LogP contribution is -2.12. The molecule has 3 N–H and O–H groups in total. The zero-order valence-electron chi connectivity index (χ0n) is 7.58. The molecule has 0 saturated carbocycles. The zero-order valence-corrected chi connectivity index (χ0v) is 9.09. The summed E-state index contributed by atoms with van der Waals surface area (Å²) >= 11 is 11.1. The van der Waals surface area contributed by atoms with Crippen molar-refractivity contribution < 1.29 is 9.90 Å². The zero-order chi connectivity index (χ0) is 11.4. The highest BCUT2D eigenvalue weighted by Gasteiger charge is 2.09. The van der Waals surface area contributed by atoms with Gasteiger partial charge in [0.25, 0.3) is 0 Å². The number of aromatic carboxylic acids is 1. The van der Waals surface area contributed by atoms with Crippen LogP contribution in [-0.4, -0.2) is 22.8 Å². The Bertz CT molecular complexity index is 419. The third-order valence-electron chi connectivity index (χ3n) is 1.59. The van der Waals surface area contributed by atoms with Gasteiger partial charge in [0.2, 0.25) is 0 Å². The molecular weight excluding hydrogens is 239 g/mol. The van der Waals surface area contributed by atoms with Gasteiger partial charge in [0, 0.05) is 5.02 Å². The Balaban J connectivity index is 3.25. The molecule has 0 aliphatic carbocycles. The predicted molar refractivity (Wildman–Crippen MR) is 60.4 cm³/mol. The van der Waals surface area contributed by atoms with Crippen LogP contribution >= 0.6 is 23.2 Å². The van der Waals surface area contributed by atoms with Gasteiger partial charge in [-0.25, -0.2) is 9.79 Å². The van der Waals surface area contributed by atoms with Crippen molar-refractivity contribution in [1.82, 2.24) is 0 Å². The second-order valence-corrected chi connectivity index (χ2v) is 3.41. The van der Waals surface area contributed by atoms with Gasteiger partial charge in [-0.05, 0) is 18.2 Å². The number of carboxylic acids is 1. The average molecular weight is 247 g/mol. The van der Waals surface area contributed by atoms with Crippen molar-refractivity contribution in [1.29, 1.82) is 0 Å². The molecule has 0 amide bonds. The van der Waals surface area contributed by atoms with E-state index in [1.807, 2.05) is 0 Å². The largest absolute Gasteiger partial charge is 0.478 e. The summed E-state index contributed by atoms with van der Waals surface area (Å²) in [5.41, 5.74) is 5.64. The lowest BCUT2D eigenvalue weighted by atomic mass is 10.2. The number of nitrogens with two attached hydrogens (primary N) is 1. The second-order valence-electron chi connectivity index (χ2n) is 2.70. The molecule has 0 unspecified atom stereocenters. The molecule has 0 radical (unpaired) electrons. The van der Waals surface area contributed by atoms with Crippen LogP contribution in [0.25, 0.3) is 0 Å². The van der Waals surface area contributed by atoms with E-state index in [-0.39, 0.29) is 23.0 Å². The molecule has 1 aromatic rings. The number of nitrogens with zero attached hydrogens (tertiary/aromatic N) is 1. The lowest BCUT2D eigenvalue weighted by Gasteiger charge is -2.02. The van der Waals surface area contributed by atoms with Crippen LogP contribution in [0.5, 0.6) is 0 Å². The summed E-state index contributed by atoms with van der Waals surface area (Å²) in [6, 6.07) is 4.26. The molecule has 0 aromatic heterocycles. The number of hydrogen-bond acceptors (Lipinski definition) is 2. The van der Waals surface area contributed by atoms with Crippen molar-refractivity contribution in [2.45, 2.75) is 0 Å². The summed E-state index contributed by atoms with van der Waals surface area (Å²) in [6.45, 7) is 0. The Morgan fingerprint density at radius 3 is 2.73 bits per heavy atom. The van der Waals surface area contributed by atoms with Gasteiger partial charge in [-0.1, -0.05) is 11.6 Å². The summed E-state index contributed by atoms with van der Waals surface area (Å²) in [6.07, 6.45) is 0. The van der Waals surface area contributed by atoms with Crippen LogP contribution in [0, 0.1) is 0 Å². The van der Waals surface area contributed by atoms with Gasteiger partial charge in [-0.3, -0.25) is 0 Å². The van der Waals surface area contributed by atoms with Crippen molar-refractivity contribution in [3.05, 3.63) is 28.8 Å². The Hall–Kier alpha value is -1.26. The standard InChI is InChI=1S/C9H8Cl2N2O2/c10-4-8(12)13-7-3-5(11)1-2-6(7)9(14)15/h1-3H,4H2,(H2,12,13)(H,14,15). The van der Waals surface area contributed by atoms with Gasteiger partial charge in [-0.15, -0.1) is 11.6 Å². The minimum absolute atomic E-state index is 0.0333. The Labute approximate surface area is 96.3 Å². The molecule has 0 atom stereocenters. The average Bonchev–Trinajstić information content (AvgIpc) is 2.17. The van der Waals surface area contributed by atoms with Gasteiger partial charge >= 0.3 is 5.97 Å². The smallest absolute Gasteiger partial charge is 0.337 e. The first-order valence-electron chi connectivity index (χ1n) is 3.96. The first-order chi connectivity index (χ1) is 7.04. The monoisotopic (exact) mass is 246 g/mol. The Morgan fingerprint density at radius 2 is 2.20 bits per heavy atom. The summed E-state index contributed by atoms with van der Waals surface area (Å²) in [5, 5.41) is 9.25. The van der Waals surface area contributed by atoms with E-state index in [0.717, 1.165) is 0 Å². The number of hydrogen-bond donors (Lipinski definition) is 2. The van der Waals surface area contributed by atoms with Gasteiger partial charge in [0.1, 0.15) is 5.84 Å². The summed E-state index contributed by atoms with van der Waals surface area (Å²) in [4.78, 5) is 14.7. The molecule has 4 nitrogen and oxygen atoms in total. The van der Waals surface area contributed by atoms with E-state index in [0.29, 0.717) is 5.02 Å². The Kier molecular flexibility index (Phi) is 3.94. The molecular formula is C9H8Cl2N2O2. The SMILES string of the molecule is NC(CCl)=Nc1cc(Cl)ccc1C(=O)O. The van der Waals surface area contributed by atoms with E-state index in [4.69, 9.17) is 34.0 Å². The number of carboxylic acid groups (broad SMARTS) is 1. The number of amidine groups is 1. The first-order valence-corrected chi connectivity index (χ1v) is 4.87. The highest BCUT2D eigenvalue weighted by atomic mass is 35.5. The summed E-state index contributed by atoms with van der Waals surface area (Å²) in [7, 11) is 0. The number of alkyl halides is 1. The fraction of sp³-hybridized carbons (Fsp3) is 0.111. The molecule has 0 saturated heterocycles. The molecule has 6 heteroatoms. The van der Waals surface area contributed by atoms with E-state index in [9.17, 15) is 4.79 Å². The quantitative estimate of drug-likeness (QED) is 0.488. The van der Waals surface area contributed by atoms with Crippen LogP contribution < -0.4 is 5.73 Å². The molecule has 0 aliphatic heterocycles. The lowest BCUT2D eigenvalue weighted by molar-refractivity contribution is 0.0698. The van der Waals surface area contributed by atoms with E-state index >= 15 is 0 Å². The van der Waals surface area contributed by atoms with Gasteiger partial charge in [0.15, 0.2) is 0 Å². The molecule has 80 valence electrons. The summed E-state index contributed by atoms with van der Waals surface area (Å²) < 4.78 is 0. The van der Waals surface area contributed by atoms with E-state index in [1.165, 1.54) is 18.2 Å². The second kappa shape index (κ2) is 5.00. The molecule has 1 aromatic carbocycles. The number of carbonyl (C=O) groups is 1. The normalized spacial score (nSPS) is 11.5. The van der Waals surface area contributed by atoms with Crippen molar-refractivity contribution in [3.63, 3.8) is 0 Å². The number of aliphatic imine (C=N–C) groups is 1. The fourth-order valence-corrected chi connectivity index (χ4v) is 1.19.